The molecule has 0 saturated heterocycles. The van der Waals surface area contributed by atoms with Gasteiger partial charge in [-0.15, -0.1) is 0 Å². The van der Waals surface area contributed by atoms with Crippen LogP contribution >= 0.6 is 15.9 Å². The molecule has 0 bridgehead atoms. The third kappa shape index (κ3) is 3.47. The summed E-state index contributed by atoms with van der Waals surface area (Å²) in [4.78, 5) is 6.65. The van der Waals surface area contributed by atoms with Gasteiger partial charge in [0.1, 0.15) is 5.82 Å². The Bertz CT molecular complexity index is 302. The normalized spacial score (nSPS) is 10.7. The van der Waals surface area contributed by atoms with Crippen LogP contribution in [0.3, 0.4) is 0 Å². The predicted octanol–water partition coefficient (Wildman–Crippen LogP) is 2.41. The number of rotatable bonds is 5. The Morgan fingerprint density at radius 3 is 2.80 bits per heavy atom. The van der Waals surface area contributed by atoms with Gasteiger partial charge in [0.15, 0.2) is 0 Å². The van der Waals surface area contributed by atoms with Crippen LogP contribution in [0.4, 0.5) is 5.82 Å². The zero-order chi connectivity index (χ0) is 11.3. The molecule has 2 N–H and O–H groups in total. The van der Waals surface area contributed by atoms with Crippen LogP contribution in [-0.4, -0.2) is 24.1 Å². The molecule has 1 heterocycles. The van der Waals surface area contributed by atoms with E-state index in [0.717, 1.165) is 23.3 Å². The van der Waals surface area contributed by atoms with E-state index < -0.39 is 0 Å². The molecule has 0 spiro atoms. The van der Waals surface area contributed by atoms with Crippen LogP contribution in [0.15, 0.2) is 22.8 Å². The van der Waals surface area contributed by atoms with E-state index in [9.17, 15) is 0 Å². The van der Waals surface area contributed by atoms with Crippen molar-refractivity contribution < 1.29 is 0 Å². The minimum absolute atomic E-state index is 0.433. The zero-order valence-electron chi connectivity index (χ0n) is 9.28. The van der Waals surface area contributed by atoms with E-state index in [4.69, 9.17) is 5.73 Å². The number of aromatic nitrogens is 1. The molecule has 1 aromatic rings. The van der Waals surface area contributed by atoms with Crippen molar-refractivity contribution in [1.29, 1.82) is 0 Å². The van der Waals surface area contributed by atoms with Gasteiger partial charge >= 0.3 is 0 Å². The number of pyridine rings is 1. The van der Waals surface area contributed by atoms with Crippen molar-refractivity contribution in [2.75, 3.05) is 18.0 Å². The van der Waals surface area contributed by atoms with Gasteiger partial charge in [-0.2, -0.15) is 0 Å². The summed E-state index contributed by atoms with van der Waals surface area (Å²) in [7, 11) is 0. The van der Waals surface area contributed by atoms with E-state index >= 15 is 0 Å². The van der Waals surface area contributed by atoms with E-state index in [-0.39, 0.29) is 0 Å². The maximum Gasteiger partial charge on any atom is 0.143 e. The molecule has 0 aliphatic rings. The first-order valence-electron chi connectivity index (χ1n) is 5.24. The van der Waals surface area contributed by atoms with Crippen LogP contribution in [0.2, 0.25) is 0 Å². The highest BCUT2D eigenvalue weighted by molar-refractivity contribution is 9.10. The van der Waals surface area contributed by atoms with E-state index in [1.54, 1.807) is 0 Å². The molecule has 0 fully saturated rings. The van der Waals surface area contributed by atoms with Crippen molar-refractivity contribution in [3.8, 4) is 0 Å². The van der Waals surface area contributed by atoms with Gasteiger partial charge in [-0.05, 0) is 54.9 Å². The number of halogens is 1. The fraction of sp³-hybridized carbons (Fsp3) is 0.545. The van der Waals surface area contributed by atoms with E-state index in [2.05, 4.69) is 39.7 Å². The van der Waals surface area contributed by atoms with E-state index in [1.165, 1.54) is 0 Å². The Kier molecular flexibility index (Phi) is 5.05. The van der Waals surface area contributed by atoms with Gasteiger partial charge in [0.2, 0.25) is 0 Å². The molecule has 0 radical (unpaired) electrons. The molecular formula is C11H18BrN3. The lowest BCUT2D eigenvalue weighted by molar-refractivity contribution is 0.647. The molecule has 0 unspecified atom stereocenters. The van der Waals surface area contributed by atoms with Gasteiger partial charge in [0, 0.05) is 18.8 Å². The first kappa shape index (κ1) is 12.5. The quantitative estimate of drug-likeness (QED) is 0.895. The second-order valence-electron chi connectivity index (χ2n) is 3.74. The highest BCUT2D eigenvalue weighted by Gasteiger charge is 2.13. The zero-order valence-corrected chi connectivity index (χ0v) is 10.9. The molecule has 0 aromatic carbocycles. The van der Waals surface area contributed by atoms with Gasteiger partial charge < -0.3 is 10.6 Å². The number of anilines is 1. The molecule has 0 aliphatic carbocycles. The summed E-state index contributed by atoms with van der Waals surface area (Å²) in [5.74, 6) is 1.00. The Hall–Kier alpha value is -0.610. The van der Waals surface area contributed by atoms with Gasteiger partial charge in [-0.25, -0.2) is 4.98 Å². The van der Waals surface area contributed by atoms with Gasteiger partial charge in [0.05, 0.1) is 4.47 Å². The molecule has 15 heavy (non-hydrogen) atoms. The second kappa shape index (κ2) is 6.08. The lowest BCUT2D eigenvalue weighted by atomic mass is 10.2. The Morgan fingerprint density at radius 1 is 1.53 bits per heavy atom. The standard InChI is InChI=1S/C11H18BrN3/c1-9(2)15(8-4-6-13)11-10(12)5-3-7-14-11/h3,5,7,9H,4,6,8,13H2,1-2H3. The molecule has 0 saturated carbocycles. The van der Waals surface area contributed by atoms with Crippen LogP contribution in [0.1, 0.15) is 20.3 Å². The lowest BCUT2D eigenvalue weighted by Crippen LogP contribution is -2.33. The molecule has 3 nitrogen and oxygen atoms in total. The maximum absolute atomic E-state index is 5.53. The predicted molar refractivity (Wildman–Crippen MR) is 68.1 cm³/mol. The van der Waals surface area contributed by atoms with Crippen LogP contribution in [0, 0.1) is 0 Å². The Morgan fingerprint density at radius 2 is 2.27 bits per heavy atom. The lowest BCUT2D eigenvalue weighted by Gasteiger charge is -2.28. The second-order valence-corrected chi connectivity index (χ2v) is 4.59. The van der Waals surface area contributed by atoms with E-state index in [0.29, 0.717) is 12.6 Å². The van der Waals surface area contributed by atoms with Crippen LogP contribution < -0.4 is 10.6 Å². The fourth-order valence-electron chi connectivity index (χ4n) is 1.46. The summed E-state index contributed by atoms with van der Waals surface area (Å²) in [5.41, 5.74) is 5.53. The van der Waals surface area contributed by atoms with Gasteiger partial charge in [-0.1, -0.05) is 0 Å². The number of nitrogens with two attached hydrogens (primary N) is 1. The van der Waals surface area contributed by atoms with Crippen molar-refractivity contribution >= 4 is 21.7 Å². The summed E-state index contributed by atoms with van der Waals surface area (Å²) in [6.45, 7) is 5.99. The van der Waals surface area contributed by atoms with Crippen LogP contribution in [0.25, 0.3) is 0 Å². The van der Waals surface area contributed by atoms with Gasteiger partial charge in [-0.3, -0.25) is 0 Å². The Labute approximate surface area is 99.8 Å². The maximum atomic E-state index is 5.53. The third-order valence-electron chi connectivity index (χ3n) is 2.24. The van der Waals surface area contributed by atoms with Gasteiger partial charge in [0.25, 0.3) is 0 Å². The van der Waals surface area contributed by atoms with Crippen LogP contribution in [0.5, 0.6) is 0 Å². The minimum Gasteiger partial charge on any atom is -0.353 e. The summed E-state index contributed by atoms with van der Waals surface area (Å²) < 4.78 is 1.04. The summed E-state index contributed by atoms with van der Waals surface area (Å²) in [5, 5.41) is 0. The SMILES string of the molecule is CC(C)N(CCCN)c1ncccc1Br. The molecule has 0 aliphatic heterocycles. The molecule has 1 aromatic heterocycles. The monoisotopic (exact) mass is 271 g/mol. The van der Waals surface area contributed by atoms with E-state index in [1.807, 2.05) is 18.3 Å². The molecule has 0 amide bonds. The summed E-state index contributed by atoms with van der Waals surface area (Å²) in [6.07, 6.45) is 2.80. The van der Waals surface area contributed by atoms with Crippen molar-refractivity contribution in [2.24, 2.45) is 5.73 Å². The van der Waals surface area contributed by atoms with Crippen molar-refractivity contribution in [3.05, 3.63) is 22.8 Å². The third-order valence-corrected chi connectivity index (χ3v) is 2.86. The minimum atomic E-state index is 0.433. The highest BCUT2D eigenvalue weighted by Crippen LogP contribution is 2.24. The van der Waals surface area contributed by atoms with Crippen molar-refractivity contribution in [2.45, 2.75) is 26.3 Å². The molecule has 1 rings (SSSR count). The molecule has 84 valence electrons. The largest absolute Gasteiger partial charge is 0.353 e. The first-order chi connectivity index (χ1) is 7.16. The van der Waals surface area contributed by atoms with Crippen LogP contribution in [-0.2, 0) is 0 Å². The molecular weight excluding hydrogens is 254 g/mol. The topological polar surface area (TPSA) is 42.1 Å². The smallest absolute Gasteiger partial charge is 0.143 e. The average molecular weight is 272 g/mol. The number of hydrogen-bond donors (Lipinski definition) is 1. The van der Waals surface area contributed by atoms with Crippen molar-refractivity contribution in [3.63, 3.8) is 0 Å². The summed E-state index contributed by atoms with van der Waals surface area (Å²) >= 11 is 3.52. The van der Waals surface area contributed by atoms with Crippen molar-refractivity contribution in [1.82, 2.24) is 4.98 Å². The highest BCUT2D eigenvalue weighted by atomic mass is 79.9. The molecule has 0 atom stereocenters. The molecule has 4 heteroatoms. The summed E-state index contributed by atoms with van der Waals surface area (Å²) in [6, 6.07) is 4.37. The fourth-order valence-corrected chi connectivity index (χ4v) is 1.94. The Balaban J connectivity index is 2.84. The average Bonchev–Trinajstić information content (AvgIpc) is 2.20. The number of hydrogen-bond acceptors (Lipinski definition) is 3. The number of nitrogens with zero attached hydrogens (tertiary/aromatic N) is 2. The first-order valence-corrected chi connectivity index (χ1v) is 6.03.